The number of benzene rings is 2. The highest BCUT2D eigenvalue weighted by molar-refractivity contribution is 5.31. The van der Waals surface area contributed by atoms with Crippen molar-refractivity contribution in [3.63, 3.8) is 0 Å². The average molecular weight is 266 g/mol. The summed E-state index contributed by atoms with van der Waals surface area (Å²) < 4.78 is 5.74. The molecule has 0 amide bonds. The lowest BCUT2D eigenvalue weighted by atomic mass is 10.1. The average Bonchev–Trinajstić information content (AvgIpc) is 2.52. The molecule has 1 atom stereocenters. The number of aliphatic hydroxyl groups is 1. The number of rotatable bonds is 5. The van der Waals surface area contributed by atoms with Gasteiger partial charge in [-0.1, -0.05) is 42.5 Å². The topological polar surface area (TPSA) is 29.5 Å². The summed E-state index contributed by atoms with van der Waals surface area (Å²) in [5.74, 6) is 6.43. The van der Waals surface area contributed by atoms with E-state index in [1.807, 2.05) is 54.6 Å². The minimum atomic E-state index is -0.567. The van der Waals surface area contributed by atoms with E-state index >= 15 is 0 Å². The second kappa shape index (κ2) is 7.37. The fraction of sp³-hybridized carbons (Fsp3) is 0.222. The molecule has 0 fully saturated rings. The van der Waals surface area contributed by atoms with Crippen LogP contribution in [0.15, 0.2) is 54.6 Å². The zero-order chi connectivity index (χ0) is 14.2. The van der Waals surface area contributed by atoms with Crippen LogP contribution in [0, 0.1) is 11.8 Å². The van der Waals surface area contributed by atoms with Gasteiger partial charge in [0.25, 0.3) is 0 Å². The molecule has 0 aliphatic heterocycles. The van der Waals surface area contributed by atoms with E-state index in [4.69, 9.17) is 4.74 Å². The Balaban J connectivity index is 2.00. The second-order valence-corrected chi connectivity index (χ2v) is 4.49. The summed E-state index contributed by atoms with van der Waals surface area (Å²) in [4.78, 5) is 0. The lowest BCUT2D eigenvalue weighted by Crippen LogP contribution is -1.99. The number of aliphatic hydroxyl groups excluding tert-OH is 1. The first-order chi connectivity index (χ1) is 9.79. The fourth-order valence-corrected chi connectivity index (χ4v) is 1.87. The van der Waals surface area contributed by atoms with Crippen molar-refractivity contribution < 1.29 is 9.84 Å². The predicted molar refractivity (Wildman–Crippen MR) is 80.2 cm³/mol. The van der Waals surface area contributed by atoms with Gasteiger partial charge in [0.1, 0.15) is 12.4 Å². The van der Waals surface area contributed by atoms with Crippen molar-refractivity contribution in [1.29, 1.82) is 0 Å². The summed E-state index contributed by atoms with van der Waals surface area (Å²) in [7, 11) is 0. The summed E-state index contributed by atoms with van der Waals surface area (Å²) in [5.41, 5.74) is 1.95. The molecule has 2 nitrogen and oxygen atoms in total. The predicted octanol–water partition coefficient (Wildman–Crippen LogP) is 3.71. The maximum atomic E-state index is 10.0. The molecule has 0 aliphatic rings. The highest BCUT2D eigenvalue weighted by atomic mass is 16.5. The van der Waals surface area contributed by atoms with Gasteiger partial charge in [0.15, 0.2) is 0 Å². The molecular formula is C18H18O2. The Labute approximate surface area is 120 Å². The van der Waals surface area contributed by atoms with Crippen LogP contribution >= 0.6 is 0 Å². The normalized spacial score (nSPS) is 11.3. The molecule has 0 saturated heterocycles. The van der Waals surface area contributed by atoms with Crippen LogP contribution in [0.5, 0.6) is 5.75 Å². The van der Waals surface area contributed by atoms with Crippen molar-refractivity contribution in [3.8, 4) is 17.6 Å². The molecule has 2 aromatic carbocycles. The molecule has 2 aromatic rings. The Morgan fingerprint density at radius 2 is 1.90 bits per heavy atom. The smallest absolute Gasteiger partial charge is 0.120 e. The first kappa shape index (κ1) is 14.2. The van der Waals surface area contributed by atoms with Crippen molar-refractivity contribution in [2.24, 2.45) is 0 Å². The molecule has 0 saturated carbocycles. The Morgan fingerprint density at radius 3 is 2.65 bits per heavy atom. The maximum Gasteiger partial charge on any atom is 0.120 e. The number of hydrogen-bond donors (Lipinski definition) is 1. The lowest BCUT2D eigenvalue weighted by Gasteiger charge is -2.11. The standard InChI is InChI=1S/C18H18O2/c1-2-3-12-18(19)16-10-7-11-17(13-16)20-14-15-8-5-4-6-9-15/h4-11,13,18-19H,12,14H2,1H3. The first-order valence-electron chi connectivity index (χ1n) is 6.64. The third-order valence-electron chi connectivity index (χ3n) is 2.96. The molecule has 102 valence electrons. The van der Waals surface area contributed by atoms with Crippen LogP contribution in [0.1, 0.15) is 30.6 Å². The second-order valence-electron chi connectivity index (χ2n) is 4.49. The van der Waals surface area contributed by atoms with Gasteiger partial charge in [-0.15, -0.1) is 11.8 Å². The van der Waals surface area contributed by atoms with Crippen molar-refractivity contribution in [1.82, 2.24) is 0 Å². The molecule has 0 bridgehead atoms. The van der Waals surface area contributed by atoms with E-state index in [0.29, 0.717) is 13.0 Å². The van der Waals surface area contributed by atoms with E-state index in [1.165, 1.54) is 0 Å². The summed E-state index contributed by atoms with van der Waals surface area (Å²) in [6, 6.07) is 17.5. The van der Waals surface area contributed by atoms with E-state index in [1.54, 1.807) is 6.92 Å². The molecule has 0 aromatic heterocycles. The van der Waals surface area contributed by atoms with Crippen LogP contribution < -0.4 is 4.74 Å². The zero-order valence-electron chi connectivity index (χ0n) is 11.5. The largest absolute Gasteiger partial charge is 0.489 e. The Bertz CT molecular complexity index is 594. The van der Waals surface area contributed by atoms with Gasteiger partial charge >= 0.3 is 0 Å². The quantitative estimate of drug-likeness (QED) is 0.836. The molecule has 0 radical (unpaired) electrons. The Morgan fingerprint density at radius 1 is 1.10 bits per heavy atom. The van der Waals surface area contributed by atoms with Crippen LogP contribution in [-0.4, -0.2) is 5.11 Å². The molecular weight excluding hydrogens is 248 g/mol. The molecule has 20 heavy (non-hydrogen) atoms. The minimum Gasteiger partial charge on any atom is -0.489 e. The van der Waals surface area contributed by atoms with Gasteiger partial charge in [0, 0.05) is 6.42 Å². The van der Waals surface area contributed by atoms with Crippen LogP contribution in [0.3, 0.4) is 0 Å². The summed E-state index contributed by atoms with van der Waals surface area (Å²) >= 11 is 0. The van der Waals surface area contributed by atoms with Gasteiger partial charge in [-0.2, -0.15) is 0 Å². The molecule has 0 aliphatic carbocycles. The highest BCUT2D eigenvalue weighted by Gasteiger charge is 2.07. The van der Waals surface area contributed by atoms with Gasteiger partial charge < -0.3 is 9.84 Å². The molecule has 2 rings (SSSR count). The Hall–Kier alpha value is -2.24. The van der Waals surface area contributed by atoms with Gasteiger partial charge in [-0.05, 0) is 30.2 Å². The van der Waals surface area contributed by atoms with Gasteiger partial charge in [-0.25, -0.2) is 0 Å². The van der Waals surface area contributed by atoms with Crippen LogP contribution in [-0.2, 0) is 6.61 Å². The van der Waals surface area contributed by atoms with E-state index in [9.17, 15) is 5.11 Å². The van der Waals surface area contributed by atoms with E-state index in [0.717, 1.165) is 16.9 Å². The molecule has 1 unspecified atom stereocenters. The number of ether oxygens (including phenoxy) is 1. The Kier molecular flexibility index (Phi) is 5.23. The van der Waals surface area contributed by atoms with Gasteiger partial charge in [-0.3, -0.25) is 0 Å². The third kappa shape index (κ3) is 4.15. The lowest BCUT2D eigenvalue weighted by molar-refractivity contribution is 0.183. The molecule has 1 N–H and O–H groups in total. The zero-order valence-corrected chi connectivity index (χ0v) is 11.5. The van der Waals surface area contributed by atoms with Crippen molar-refractivity contribution in [2.75, 3.05) is 0 Å². The van der Waals surface area contributed by atoms with Crippen LogP contribution in [0.25, 0.3) is 0 Å². The number of hydrogen-bond acceptors (Lipinski definition) is 2. The summed E-state index contributed by atoms with van der Waals surface area (Å²) in [5, 5.41) is 10.0. The maximum absolute atomic E-state index is 10.0. The highest BCUT2D eigenvalue weighted by Crippen LogP contribution is 2.22. The first-order valence-corrected chi connectivity index (χ1v) is 6.64. The monoisotopic (exact) mass is 266 g/mol. The van der Waals surface area contributed by atoms with E-state index < -0.39 is 6.10 Å². The minimum absolute atomic E-state index is 0.443. The summed E-state index contributed by atoms with van der Waals surface area (Å²) in [6.07, 6.45) is -0.124. The van der Waals surface area contributed by atoms with Gasteiger partial charge in [0.2, 0.25) is 0 Å². The molecule has 0 heterocycles. The molecule has 0 spiro atoms. The summed E-state index contributed by atoms with van der Waals surface area (Å²) in [6.45, 7) is 2.29. The van der Waals surface area contributed by atoms with Crippen molar-refractivity contribution >= 4 is 0 Å². The van der Waals surface area contributed by atoms with Crippen molar-refractivity contribution in [2.45, 2.75) is 26.1 Å². The fourth-order valence-electron chi connectivity index (χ4n) is 1.87. The van der Waals surface area contributed by atoms with E-state index in [2.05, 4.69) is 11.8 Å². The van der Waals surface area contributed by atoms with Crippen molar-refractivity contribution in [3.05, 3.63) is 65.7 Å². The van der Waals surface area contributed by atoms with Gasteiger partial charge in [0.05, 0.1) is 6.10 Å². The third-order valence-corrected chi connectivity index (χ3v) is 2.96. The van der Waals surface area contributed by atoms with E-state index in [-0.39, 0.29) is 0 Å². The molecule has 2 heteroatoms. The van der Waals surface area contributed by atoms with Crippen LogP contribution in [0.2, 0.25) is 0 Å². The van der Waals surface area contributed by atoms with Crippen LogP contribution in [0.4, 0.5) is 0 Å². The SMILES string of the molecule is CC#CCC(O)c1cccc(OCc2ccccc2)c1.